The first kappa shape index (κ1) is 10.5. The van der Waals surface area contributed by atoms with E-state index in [1.807, 2.05) is 0 Å². The molecule has 0 unspecified atom stereocenters. The van der Waals surface area contributed by atoms with Crippen molar-refractivity contribution in [2.24, 2.45) is 0 Å². The number of nitro groups is 2. The van der Waals surface area contributed by atoms with Gasteiger partial charge in [0.15, 0.2) is 10.1 Å². The van der Waals surface area contributed by atoms with Gasteiger partial charge < -0.3 is 0 Å². The Morgan fingerprint density at radius 2 is 1.23 bits per heavy atom. The number of amides is 4. The topological polar surface area (TPSA) is 157 Å². The molecule has 0 spiro atoms. The fourth-order valence-corrected chi connectivity index (χ4v) is 0.325. The van der Waals surface area contributed by atoms with E-state index in [1.54, 1.807) is 0 Å². The Kier molecular flexibility index (Phi) is 3.59. The Morgan fingerprint density at radius 1 is 0.923 bits per heavy atom. The molecule has 11 nitrogen and oxygen atoms in total. The number of nitrogens with zero attached hydrogens (tertiary/aromatic N) is 2. The summed E-state index contributed by atoms with van der Waals surface area (Å²) in [6.07, 6.45) is 0. The smallest absolute Gasteiger partial charge is 0.251 e. The van der Waals surface area contributed by atoms with Gasteiger partial charge in [0.25, 0.3) is 0 Å². The van der Waals surface area contributed by atoms with Crippen molar-refractivity contribution in [3.8, 4) is 0 Å². The SMILES string of the molecule is O=C(NC(=O)N[N+](=O)[O-])N[N+](=O)[O-]. The summed E-state index contributed by atoms with van der Waals surface area (Å²) in [5, 5.41) is 18.0. The molecule has 0 aliphatic rings. The Morgan fingerprint density at radius 3 is 1.46 bits per heavy atom. The van der Waals surface area contributed by atoms with Crippen molar-refractivity contribution in [2.45, 2.75) is 0 Å². The van der Waals surface area contributed by atoms with Gasteiger partial charge >= 0.3 is 12.1 Å². The van der Waals surface area contributed by atoms with Crippen molar-refractivity contribution in [2.75, 3.05) is 0 Å². The average Bonchev–Trinajstić information content (AvgIpc) is 1.80. The molecule has 0 saturated heterocycles. The minimum atomic E-state index is -1.48. The minimum absolute atomic E-state index is 1.04. The van der Waals surface area contributed by atoms with E-state index in [1.165, 1.54) is 5.32 Å². The molecule has 0 aliphatic heterocycles. The molecule has 0 aromatic carbocycles. The zero-order valence-corrected chi connectivity index (χ0v) is 5.84. The average molecular weight is 193 g/mol. The van der Waals surface area contributed by atoms with Crippen LogP contribution in [0.3, 0.4) is 0 Å². The number of imide groups is 1. The fourth-order valence-electron chi connectivity index (χ4n) is 0.325. The number of carbonyl (C=O) groups is 2. The Labute approximate surface area is 69.3 Å². The number of rotatable bonds is 2. The van der Waals surface area contributed by atoms with Gasteiger partial charge in [0.05, 0.1) is 0 Å². The van der Waals surface area contributed by atoms with Gasteiger partial charge in [-0.25, -0.2) is 29.8 Å². The summed E-state index contributed by atoms with van der Waals surface area (Å²) < 4.78 is 0. The molecule has 0 atom stereocenters. The van der Waals surface area contributed by atoms with Gasteiger partial charge in [-0.3, -0.25) is 5.32 Å². The molecule has 0 rings (SSSR count). The molecule has 0 bridgehead atoms. The van der Waals surface area contributed by atoms with Crippen LogP contribution in [0.2, 0.25) is 0 Å². The summed E-state index contributed by atoms with van der Waals surface area (Å²) in [6, 6.07) is -2.96. The summed E-state index contributed by atoms with van der Waals surface area (Å²) in [5.41, 5.74) is 2.07. The molecule has 0 aliphatic carbocycles. The zero-order valence-electron chi connectivity index (χ0n) is 5.84. The van der Waals surface area contributed by atoms with Crippen LogP contribution in [0.15, 0.2) is 0 Å². The maximum atomic E-state index is 10.3. The summed E-state index contributed by atoms with van der Waals surface area (Å²) >= 11 is 0. The summed E-state index contributed by atoms with van der Waals surface area (Å²) in [7, 11) is 0. The van der Waals surface area contributed by atoms with Gasteiger partial charge in [0, 0.05) is 0 Å². The molecular weight excluding hydrogens is 190 g/mol. The van der Waals surface area contributed by atoms with Crippen LogP contribution in [-0.2, 0) is 0 Å². The lowest BCUT2D eigenvalue weighted by Crippen LogP contribution is -2.47. The van der Waals surface area contributed by atoms with E-state index in [4.69, 9.17) is 0 Å². The van der Waals surface area contributed by atoms with Crippen molar-refractivity contribution in [1.29, 1.82) is 0 Å². The van der Waals surface area contributed by atoms with E-state index in [0.717, 1.165) is 10.9 Å². The second kappa shape index (κ2) is 4.42. The second-order valence-electron chi connectivity index (χ2n) is 1.52. The van der Waals surface area contributed by atoms with Crippen LogP contribution in [0.1, 0.15) is 0 Å². The van der Waals surface area contributed by atoms with Gasteiger partial charge in [0.2, 0.25) is 0 Å². The van der Waals surface area contributed by atoms with Crippen molar-refractivity contribution in [3.63, 3.8) is 0 Å². The summed E-state index contributed by atoms with van der Waals surface area (Å²) in [4.78, 5) is 39.8. The molecule has 0 aromatic rings. The molecule has 0 radical (unpaired) electrons. The van der Waals surface area contributed by atoms with Gasteiger partial charge in [-0.1, -0.05) is 10.9 Å². The normalized spacial score (nSPS) is 8.31. The lowest BCUT2D eigenvalue weighted by molar-refractivity contribution is -0.529. The fraction of sp³-hybridized carbons (Fsp3) is 0. The molecule has 0 fully saturated rings. The number of carbonyl (C=O) groups excluding carboxylic acids is 2. The zero-order chi connectivity index (χ0) is 10.4. The first-order valence-electron chi connectivity index (χ1n) is 2.59. The minimum Gasteiger partial charge on any atom is -0.251 e. The third-order valence-corrected chi connectivity index (χ3v) is 0.613. The first-order valence-corrected chi connectivity index (χ1v) is 2.59. The summed E-state index contributed by atoms with van der Waals surface area (Å²) in [6.45, 7) is 0. The summed E-state index contributed by atoms with van der Waals surface area (Å²) in [5.74, 6) is 0. The number of hydrogen-bond donors (Lipinski definition) is 3. The van der Waals surface area contributed by atoms with Crippen LogP contribution >= 0.6 is 0 Å². The Balaban J connectivity index is 3.85. The van der Waals surface area contributed by atoms with Crippen LogP contribution in [0.4, 0.5) is 9.59 Å². The van der Waals surface area contributed by atoms with Crippen molar-refractivity contribution in [1.82, 2.24) is 16.2 Å². The van der Waals surface area contributed by atoms with Crippen LogP contribution < -0.4 is 16.2 Å². The van der Waals surface area contributed by atoms with E-state index >= 15 is 0 Å². The van der Waals surface area contributed by atoms with E-state index in [0.29, 0.717) is 0 Å². The molecule has 72 valence electrons. The van der Waals surface area contributed by atoms with Crippen LogP contribution in [0.25, 0.3) is 0 Å². The van der Waals surface area contributed by atoms with Crippen molar-refractivity contribution >= 4 is 12.1 Å². The highest BCUT2D eigenvalue weighted by molar-refractivity contribution is 5.92. The van der Waals surface area contributed by atoms with Crippen molar-refractivity contribution < 1.29 is 19.7 Å². The molecule has 11 heteroatoms. The first-order chi connectivity index (χ1) is 5.91. The van der Waals surface area contributed by atoms with Crippen LogP contribution in [0, 0.1) is 20.2 Å². The van der Waals surface area contributed by atoms with Gasteiger partial charge in [0.1, 0.15) is 0 Å². The highest BCUT2D eigenvalue weighted by atomic mass is 16.7. The van der Waals surface area contributed by atoms with Crippen molar-refractivity contribution in [3.05, 3.63) is 20.2 Å². The van der Waals surface area contributed by atoms with Crippen LogP contribution in [0.5, 0.6) is 0 Å². The number of hydrazine groups is 2. The third-order valence-electron chi connectivity index (χ3n) is 0.613. The highest BCUT2D eigenvalue weighted by Gasteiger charge is 2.14. The molecular formula is C2H3N5O6. The molecule has 13 heavy (non-hydrogen) atoms. The van der Waals surface area contributed by atoms with Crippen LogP contribution in [-0.4, -0.2) is 22.1 Å². The predicted octanol–water partition coefficient (Wildman–Crippen LogP) is -1.62. The number of hydrogen-bond acceptors (Lipinski definition) is 6. The quantitative estimate of drug-likeness (QED) is 0.353. The molecule has 4 amide bonds. The number of nitrogens with one attached hydrogen (secondary N) is 3. The maximum absolute atomic E-state index is 10.3. The maximum Gasteiger partial charge on any atom is 0.380 e. The Bertz CT molecular complexity index is 234. The van der Waals surface area contributed by atoms with E-state index in [-0.39, 0.29) is 0 Å². The lowest BCUT2D eigenvalue weighted by Gasteiger charge is -1.96. The van der Waals surface area contributed by atoms with Gasteiger partial charge in [-0.15, -0.1) is 0 Å². The third kappa shape index (κ3) is 5.96. The largest absolute Gasteiger partial charge is 0.380 e. The predicted molar refractivity (Wildman–Crippen MR) is 34.2 cm³/mol. The standard InChI is InChI=1S/C2H3N5O6/c8-1(4-6(10)11)3-2(9)5-7(12)13/h(H3,3,4,5,8,9). The lowest BCUT2D eigenvalue weighted by atomic mass is 10.9. The van der Waals surface area contributed by atoms with E-state index in [9.17, 15) is 29.8 Å². The second-order valence-corrected chi connectivity index (χ2v) is 1.52. The van der Waals surface area contributed by atoms with E-state index in [2.05, 4.69) is 0 Å². The van der Waals surface area contributed by atoms with Gasteiger partial charge in [-0.2, -0.15) is 0 Å². The van der Waals surface area contributed by atoms with E-state index < -0.39 is 22.1 Å². The Hall–Kier alpha value is -2.46. The molecule has 0 heterocycles. The molecule has 0 saturated carbocycles. The molecule has 0 aromatic heterocycles. The monoisotopic (exact) mass is 193 g/mol. The molecule has 3 N–H and O–H groups in total. The number of urea groups is 2. The highest BCUT2D eigenvalue weighted by Crippen LogP contribution is 1.68. The van der Waals surface area contributed by atoms with Gasteiger partial charge in [-0.05, 0) is 0 Å².